The summed E-state index contributed by atoms with van der Waals surface area (Å²) in [6, 6.07) is 0. The molecule has 0 fully saturated rings. The van der Waals surface area contributed by atoms with Crippen molar-refractivity contribution in [3.63, 3.8) is 0 Å². The van der Waals surface area contributed by atoms with E-state index >= 15 is 0 Å². The maximum absolute atomic E-state index is 11.4. The van der Waals surface area contributed by atoms with Crippen molar-refractivity contribution in [1.29, 1.82) is 0 Å². The van der Waals surface area contributed by atoms with E-state index in [0.717, 1.165) is 48.7 Å². The molecular formula is C12H20N2O2S. The summed E-state index contributed by atoms with van der Waals surface area (Å²) in [6.45, 7) is 5.15. The SMILES string of the molecule is COCCCCCNc1snc(C)c1C(C)=O. The van der Waals surface area contributed by atoms with Crippen molar-refractivity contribution in [1.82, 2.24) is 4.37 Å². The monoisotopic (exact) mass is 256 g/mol. The van der Waals surface area contributed by atoms with E-state index in [9.17, 15) is 4.79 Å². The van der Waals surface area contributed by atoms with Gasteiger partial charge in [0.05, 0.1) is 11.3 Å². The molecule has 0 radical (unpaired) electrons. The molecule has 0 atom stereocenters. The van der Waals surface area contributed by atoms with Gasteiger partial charge in [-0.1, -0.05) is 0 Å². The third-order valence-corrected chi connectivity index (χ3v) is 3.42. The first-order valence-electron chi connectivity index (χ1n) is 5.86. The summed E-state index contributed by atoms with van der Waals surface area (Å²) in [7, 11) is 1.72. The number of rotatable bonds is 8. The number of aryl methyl sites for hydroxylation is 1. The van der Waals surface area contributed by atoms with Crippen LogP contribution in [-0.4, -0.2) is 30.4 Å². The summed E-state index contributed by atoms with van der Waals surface area (Å²) < 4.78 is 9.19. The molecule has 1 heterocycles. The zero-order valence-corrected chi connectivity index (χ0v) is 11.5. The second kappa shape index (κ2) is 7.40. The Labute approximate surface area is 107 Å². The molecule has 0 saturated heterocycles. The smallest absolute Gasteiger partial charge is 0.164 e. The van der Waals surface area contributed by atoms with Crippen LogP contribution in [0.5, 0.6) is 0 Å². The van der Waals surface area contributed by atoms with Crippen LogP contribution in [-0.2, 0) is 4.74 Å². The summed E-state index contributed by atoms with van der Waals surface area (Å²) in [5.74, 6) is 0.0816. The number of anilines is 1. The first-order chi connectivity index (χ1) is 8.16. The van der Waals surface area contributed by atoms with Crippen molar-refractivity contribution in [3.05, 3.63) is 11.3 Å². The lowest BCUT2D eigenvalue weighted by molar-refractivity contribution is 0.101. The van der Waals surface area contributed by atoms with Gasteiger partial charge < -0.3 is 10.1 Å². The molecule has 0 aliphatic rings. The Hall–Kier alpha value is -0.940. The fourth-order valence-corrected chi connectivity index (χ4v) is 2.52. The molecule has 17 heavy (non-hydrogen) atoms. The van der Waals surface area contributed by atoms with Gasteiger partial charge in [-0.15, -0.1) is 0 Å². The van der Waals surface area contributed by atoms with Crippen LogP contribution >= 0.6 is 11.5 Å². The number of methoxy groups -OCH3 is 1. The molecule has 1 aromatic rings. The fraction of sp³-hybridized carbons (Fsp3) is 0.667. The van der Waals surface area contributed by atoms with Crippen LogP contribution in [0, 0.1) is 6.92 Å². The molecule has 1 rings (SSSR count). The molecular weight excluding hydrogens is 236 g/mol. The zero-order valence-electron chi connectivity index (χ0n) is 10.7. The quantitative estimate of drug-likeness (QED) is 0.574. The minimum absolute atomic E-state index is 0.0816. The number of nitrogens with one attached hydrogen (secondary N) is 1. The van der Waals surface area contributed by atoms with E-state index in [1.165, 1.54) is 11.5 Å². The van der Waals surface area contributed by atoms with Gasteiger partial charge in [0, 0.05) is 20.3 Å². The molecule has 1 aromatic heterocycles. The number of carbonyl (C=O) groups excluding carboxylic acids is 1. The van der Waals surface area contributed by atoms with Gasteiger partial charge in [-0.25, -0.2) is 0 Å². The number of ether oxygens (including phenoxy) is 1. The zero-order chi connectivity index (χ0) is 12.7. The second-order valence-corrected chi connectivity index (χ2v) is 4.78. The molecule has 1 N–H and O–H groups in total. The van der Waals surface area contributed by atoms with Gasteiger partial charge in [-0.05, 0) is 44.6 Å². The van der Waals surface area contributed by atoms with E-state index in [4.69, 9.17) is 4.74 Å². The van der Waals surface area contributed by atoms with Crippen molar-refractivity contribution in [3.8, 4) is 0 Å². The van der Waals surface area contributed by atoms with Crippen LogP contribution in [0.1, 0.15) is 42.2 Å². The first kappa shape index (κ1) is 14.1. The van der Waals surface area contributed by atoms with Gasteiger partial charge in [-0.3, -0.25) is 4.79 Å². The first-order valence-corrected chi connectivity index (χ1v) is 6.64. The Morgan fingerprint density at radius 3 is 2.82 bits per heavy atom. The molecule has 0 aliphatic heterocycles. The molecule has 96 valence electrons. The highest BCUT2D eigenvalue weighted by Gasteiger charge is 2.13. The lowest BCUT2D eigenvalue weighted by Gasteiger charge is -2.05. The molecule has 0 amide bonds. The van der Waals surface area contributed by atoms with Gasteiger partial charge in [-0.2, -0.15) is 4.37 Å². The van der Waals surface area contributed by atoms with Gasteiger partial charge in [0.1, 0.15) is 5.00 Å². The number of ketones is 1. The highest BCUT2D eigenvalue weighted by atomic mass is 32.1. The van der Waals surface area contributed by atoms with Crippen LogP contribution in [0.15, 0.2) is 0 Å². The van der Waals surface area contributed by atoms with Crippen LogP contribution in [0.3, 0.4) is 0 Å². The molecule has 0 unspecified atom stereocenters. The molecule has 0 aromatic carbocycles. The Bertz CT molecular complexity index is 363. The average Bonchev–Trinajstić information content (AvgIpc) is 2.65. The minimum atomic E-state index is 0.0816. The summed E-state index contributed by atoms with van der Waals surface area (Å²) in [5.41, 5.74) is 1.57. The van der Waals surface area contributed by atoms with Gasteiger partial charge in [0.15, 0.2) is 5.78 Å². The third-order valence-electron chi connectivity index (χ3n) is 2.53. The largest absolute Gasteiger partial charge is 0.385 e. The standard InChI is InChI=1S/C12H20N2O2S/c1-9-11(10(2)15)12(17-14-9)13-7-5-4-6-8-16-3/h13H,4-8H2,1-3H3. The summed E-state index contributed by atoms with van der Waals surface area (Å²) in [5, 5.41) is 4.19. The van der Waals surface area contributed by atoms with Gasteiger partial charge >= 0.3 is 0 Å². The number of Topliss-reactive ketones (excluding diaryl/α,β-unsaturated/α-hetero) is 1. The lowest BCUT2D eigenvalue weighted by Crippen LogP contribution is -2.05. The fourth-order valence-electron chi connectivity index (χ4n) is 1.66. The van der Waals surface area contributed by atoms with E-state index in [0.29, 0.717) is 0 Å². The highest BCUT2D eigenvalue weighted by molar-refractivity contribution is 7.10. The number of carbonyl (C=O) groups is 1. The van der Waals surface area contributed by atoms with Crippen molar-refractivity contribution >= 4 is 22.3 Å². The van der Waals surface area contributed by atoms with Crippen LogP contribution in [0.2, 0.25) is 0 Å². The second-order valence-electron chi connectivity index (χ2n) is 4.01. The Kier molecular flexibility index (Phi) is 6.15. The summed E-state index contributed by atoms with van der Waals surface area (Å²) in [6.07, 6.45) is 3.30. The van der Waals surface area contributed by atoms with E-state index < -0.39 is 0 Å². The molecule has 0 aliphatic carbocycles. The Balaban J connectivity index is 2.34. The maximum atomic E-state index is 11.4. The molecule has 4 nitrogen and oxygen atoms in total. The van der Waals surface area contributed by atoms with Crippen molar-refractivity contribution < 1.29 is 9.53 Å². The normalized spacial score (nSPS) is 10.5. The number of aromatic nitrogens is 1. The molecule has 0 bridgehead atoms. The Morgan fingerprint density at radius 2 is 2.18 bits per heavy atom. The average molecular weight is 256 g/mol. The van der Waals surface area contributed by atoms with Crippen LogP contribution in [0.4, 0.5) is 5.00 Å². The Morgan fingerprint density at radius 1 is 1.41 bits per heavy atom. The number of hydrogen-bond donors (Lipinski definition) is 1. The lowest BCUT2D eigenvalue weighted by atomic mass is 10.2. The summed E-state index contributed by atoms with van der Waals surface area (Å²) in [4.78, 5) is 11.4. The number of nitrogens with zero attached hydrogens (tertiary/aromatic N) is 1. The highest BCUT2D eigenvalue weighted by Crippen LogP contribution is 2.24. The number of unbranched alkanes of at least 4 members (excludes halogenated alkanes) is 2. The van der Waals surface area contributed by atoms with Gasteiger partial charge in [0.2, 0.25) is 0 Å². The van der Waals surface area contributed by atoms with Crippen molar-refractivity contribution in [2.75, 3.05) is 25.6 Å². The third kappa shape index (κ3) is 4.44. The molecule has 0 spiro atoms. The maximum Gasteiger partial charge on any atom is 0.164 e. The molecule has 5 heteroatoms. The predicted molar refractivity (Wildman–Crippen MR) is 71.1 cm³/mol. The number of hydrogen-bond acceptors (Lipinski definition) is 5. The van der Waals surface area contributed by atoms with Gasteiger partial charge in [0.25, 0.3) is 0 Å². The topological polar surface area (TPSA) is 51.2 Å². The van der Waals surface area contributed by atoms with Crippen molar-refractivity contribution in [2.45, 2.75) is 33.1 Å². The van der Waals surface area contributed by atoms with Crippen molar-refractivity contribution in [2.24, 2.45) is 0 Å². The van der Waals surface area contributed by atoms with Crippen LogP contribution < -0.4 is 5.32 Å². The van der Waals surface area contributed by atoms with Crippen LogP contribution in [0.25, 0.3) is 0 Å². The van der Waals surface area contributed by atoms with E-state index in [2.05, 4.69) is 9.69 Å². The van der Waals surface area contributed by atoms with E-state index in [-0.39, 0.29) is 5.78 Å². The summed E-state index contributed by atoms with van der Waals surface area (Å²) >= 11 is 1.37. The van der Waals surface area contributed by atoms with E-state index in [1.54, 1.807) is 14.0 Å². The van der Waals surface area contributed by atoms with E-state index in [1.807, 2.05) is 6.92 Å². The predicted octanol–water partition coefficient (Wildman–Crippen LogP) is 2.88. The molecule has 0 saturated carbocycles. The minimum Gasteiger partial charge on any atom is -0.385 e.